The zero-order valence-corrected chi connectivity index (χ0v) is 12.8. The second-order valence-electron chi connectivity index (χ2n) is 5.39. The summed E-state index contributed by atoms with van der Waals surface area (Å²) in [7, 11) is 0. The summed E-state index contributed by atoms with van der Waals surface area (Å²) in [6.07, 6.45) is 0. The highest BCUT2D eigenvalue weighted by atomic mass is 32.2. The van der Waals surface area contributed by atoms with E-state index < -0.39 is 0 Å². The van der Waals surface area contributed by atoms with Gasteiger partial charge in [0.05, 0.1) is 6.54 Å². The van der Waals surface area contributed by atoms with Gasteiger partial charge >= 0.3 is 0 Å². The second kappa shape index (κ2) is 5.95. The average molecular weight is 280 g/mol. The van der Waals surface area contributed by atoms with Crippen molar-refractivity contribution in [1.82, 2.24) is 5.32 Å². The van der Waals surface area contributed by atoms with Crippen molar-refractivity contribution in [2.45, 2.75) is 40.3 Å². The van der Waals surface area contributed by atoms with E-state index in [0.717, 1.165) is 16.5 Å². The van der Waals surface area contributed by atoms with Crippen molar-refractivity contribution in [3.63, 3.8) is 0 Å². The minimum absolute atomic E-state index is 0.107. The SMILES string of the molecule is Cc1cc(CN=C2NC(C)C(C)CS2)cc(C)c1F. The Bertz CT molecular complexity index is 476. The van der Waals surface area contributed by atoms with Crippen molar-refractivity contribution in [1.29, 1.82) is 0 Å². The topological polar surface area (TPSA) is 24.4 Å². The Hall–Kier alpha value is -1.03. The van der Waals surface area contributed by atoms with Gasteiger partial charge in [-0.3, -0.25) is 4.99 Å². The number of rotatable bonds is 2. The van der Waals surface area contributed by atoms with E-state index in [9.17, 15) is 4.39 Å². The molecule has 2 atom stereocenters. The minimum Gasteiger partial charge on any atom is -0.362 e. The lowest BCUT2D eigenvalue weighted by Gasteiger charge is -2.28. The number of thioether (sulfide) groups is 1. The van der Waals surface area contributed by atoms with Gasteiger partial charge in [0.2, 0.25) is 0 Å². The molecule has 1 aliphatic rings. The van der Waals surface area contributed by atoms with Crippen LogP contribution in [0.5, 0.6) is 0 Å². The standard InChI is InChI=1S/C15H21FN2S/c1-9-5-13(6-10(2)14(9)16)7-17-15-18-12(4)11(3)8-19-15/h5-6,11-12H,7-8H2,1-4H3,(H,17,18). The van der Waals surface area contributed by atoms with Crippen LogP contribution in [0, 0.1) is 25.6 Å². The van der Waals surface area contributed by atoms with Crippen molar-refractivity contribution < 1.29 is 4.39 Å². The molecule has 2 unspecified atom stereocenters. The number of nitrogens with one attached hydrogen (secondary N) is 1. The first kappa shape index (κ1) is 14.4. The van der Waals surface area contributed by atoms with Crippen molar-refractivity contribution in [3.8, 4) is 0 Å². The van der Waals surface area contributed by atoms with Gasteiger partial charge in [-0.05, 0) is 43.4 Å². The monoisotopic (exact) mass is 280 g/mol. The summed E-state index contributed by atoms with van der Waals surface area (Å²) in [6, 6.07) is 4.23. The van der Waals surface area contributed by atoms with Gasteiger partial charge in [0.1, 0.15) is 5.82 Å². The lowest BCUT2D eigenvalue weighted by Crippen LogP contribution is -2.41. The first-order valence-electron chi connectivity index (χ1n) is 6.66. The van der Waals surface area contributed by atoms with Crippen molar-refractivity contribution in [3.05, 3.63) is 34.6 Å². The molecule has 0 aliphatic carbocycles. The quantitative estimate of drug-likeness (QED) is 0.894. The summed E-state index contributed by atoms with van der Waals surface area (Å²) in [5.41, 5.74) is 2.46. The van der Waals surface area contributed by atoms with Gasteiger partial charge in [0, 0.05) is 11.8 Å². The molecule has 19 heavy (non-hydrogen) atoms. The Kier molecular flexibility index (Phi) is 4.50. The Labute approximate surface area is 118 Å². The first-order valence-corrected chi connectivity index (χ1v) is 7.65. The van der Waals surface area contributed by atoms with E-state index >= 15 is 0 Å². The highest BCUT2D eigenvalue weighted by molar-refractivity contribution is 8.13. The maximum Gasteiger partial charge on any atom is 0.157 e. The third kappa shape index (κ3) is 3.50. The van der Waals surface area contributed by atoms with Gasteiger partial charge in [0.15, 0.2) is 5.17 Å². The third-order valence-electron chi connectivity index (χ3n) is 3.59. The molecule has 1 aromatic rings. The van der Waals surface area contributed by atoms with Crippen molar-refractivity contribution >= 4 is 16.9 Å². The third-order valence-corrected chi connectivity index (χ3v) is 4.80. The molecule has 1 fully saturated rings. The Morgan fingerprint density at radius 1 is 1.32 bits per heavy atom. The first-order chi connectivity index (χ1) is 8.97. The summed E-state index contributed by atoms with van der Waals surface area (Å²) in [6.45, 7) is 8.64. The van der Waals surface area contributed by atoms with Crippen molar-refractivity contribution in [2.75, 3.05) is 5.75 Å². The van der Waals surface area contributed by atoms with Crippen LogP contribution in [0.25, 0.3) is 0 Å². The molecule has 2 nitrogen and oxygen atoms in total. The molecule has 0 aromatic heterocycles. The van der Waals surface area contributed by atoms with Gasteiger partial charge < -0.3 is 5.32 Å². The number of hydrogen-bond donors (Lipinski definition) is 1. The number of aryl methyl sites for hydroxylation is 2. The smallest absolute Gasteiger partial charge is 0.157 e. The molecule has 0 bridgehead atoms. The fraction of sp³-hybridized carbons (Fsp3) is 0.533. The number of hydrogen-bond acceptors (Lipinski definition) is 2. The fourth-order valence-electron chi connectivity index (χ4n) is 2.11. The summed E-state index contributed by atoms with van der Waals surface area (Å²) in [5.74, 6) is 1.66. The van der Waals surface area contributed by atoms with Crippen LogP contribution in [0.1, 0.15) is 30.5 Å². The molecule has 2 rings (SSSR count). The number of benzene rings is 1. The van der Waals surface area contributed by atoms with Gasteiger partial charge in [0.25, 0.3) is 0 Å². The van der Waals surface area contributed by atoms with E-state index in [1.807, 2.05) is 12.1 Å². The van der Waals surface area contributed by atoms with Crippen LogP contribution in [0.2, 0.25) is 0 Å². The van der Waals surface area contributed by atoms with Crippen molar-refractivity contribution in [2.24, 2.45) is 10.9 Å². The molecule has 0 amide bonds. The normalized spacial score (nSPS) is 25.4. The fourth-order valence-corrected chi connectivity index (χ4v) is 3.25. The molecule has 0 spiro atoms. The minimum atomic E-state index is -0.107. The maximum absolute atomic E-state index is 13.5. The van der Waals surface area contributed by atoms with Crippen LogP contribution in [0.4, 0.5) is 4.39 Å². The molecule has 0 radical (unpaired) electrons. The lowest BCUT2D eigenvalue weighted by atomic mass is 10.1. The molecule has 1 saturated heterocycles. The van der Waals surface area contributed by atoms with Crippen LogP contribution >= 0.6 is 11.8 Å². The van der Waals surface area contributed by atoms with E-state index in [4.69, 9.17) is 0 Å². The van der Waals surface area contributed by atoms with Crippen LogP contribution in [0.15, 0.2) is 17.1 Å². The van der Waals surface area contributed by atoms with E-state index in [0.29, 0.717) is 29.6 Å². The predicted octanol–water partition coefficient (Wildman–Crippen LogP) is 3.66. The average Bonchev–Trinajstić information content (AvgIpc) is 2.37. The van der Waals surface area contributed by atoms with Crippen LogP contribution in [-0.2, 0) is 6.54 Å². The molecule has 1 aromatic carbocycles. The maximum atomic E-state index is 13.5. The van der Waals surface area contributed by atoms with Crippen LogP contribution in [0.3, 0.4) is 0 Å². The summed E-state index contributed by atoms with van der Waals surface area (Å²) in [5, 5.41) is 4.42. The highest BCUT2D eigenvalue weighted by Gasteiger charge is 2.20. The molecule has 4 heteroatoms. The predicted molar refractivity (Wildman–Crippen MR) is 81.2 cm³/mol. The summed E-state index contributed by atoms with van der Waals surface area (Å²) >= 11 is 1.77. The Morgan fingerprint density at radius 3 is 2.53 bits per heavy atom. The van der Waals surface area contributed by atoms with E-state index in [2.05, 4.69) is 24.2 Å². The van der Waals surface area contributed by atoms with Crippen LogP contribution in [-0.4, -0.2) is 17.0 Å². The van der Waals surface area contributed by atoms with E-state index in [-0.39, 0.29) is 5.82 Å². The summed E-state index contributed by atoms with van der Waals surface area (Å²) in [4.78, 5) is 4.60. The lowest BCUT2D eigenvalue weighted by molar-refractivity contribution is 0.490. The molecule has 1 aliphatic heterocycles. The molecule has 0 saturated carbocycles. The number of halogens is 1. The highest BCUT2D eigenvalue weighted by Crippen LogP contribution is 2.20. The van der Waals surface area contributed by atoms with Gasteiger partial charge in [-0.2, -0.15) is 0 Å². The van der Waals surface area contributed by atoms with Gasteiger partial charge in [-0.1, -0.05) is 30.8 Å². The molecule has 1 heterocycles. The van der Waals surface area contributed by atoms with Gasteiger partial charge in [-0.25, -0.2) is 4.39 Å². The number of aliphatic imine (C=N–C) groups is 1. The molecule has 1 N–H and O–H groups in total. The summed E-state index contributed by atoms with van der Waals surface area (Å²) < 4.78 is 13.5. The molecular weight excluding hydrogens is 259 g/mol. The number of nitrogens with zero attached hydrogens (tertiary/aromatic N) is 1. The largest absolute Gasteiger partial charge is 0.362 e. The second-order valence-corrected chi connectivity index (χ2v) is 6.39. The Balaban J connectivity index is 2.06. The van der Waals surface area contributed by atoms with E-state index in [1.54, 1.807) is 25.6 Å². The zero-order chi connectivity index (χ0) is 14.0. The van der Waals surface area contributed by atoms with Crippen LogP contribution < -0.4 is 5.32 Å². The molecular formula is C15H21FN2S. The van der Waals surface area contributed by atoms with E-state index in [1.165, 1.54) is 0 Å². The van der Waals surface area contributed by atoms with Gasteiger partial charge in [-0.15, -0.1) is 0 Å². The zero-order valence-electron chi connectivity index (χ0n) is 12.0. The molecule has 104 valence electrons. The Morgan fingerprint density at radius 2 is 1.95 bits per heavy atom. The number of amidine groups is 1.